The van der Waals surface area contributed by atoms with Crippen LogP contribution in [0.4, 0.5) is 4.79 Å². The Morgan fingerprint density at radius 3 is 2.74 bits per heavy atom. The summed E-state index contributed by atoms with van der Waals surface area (Å²) in [4.78, 5) is 15.8. The van der Waals surface area contributed by atoms with Gasteiger partial charge in [-0.05, 0) is 32.6 Å². The largest absolute Gasteiger partial charge is 0.510 e. The van der Waals surface area contributed by atoms with E-state index in [9.17, 15) is 4.79 Å². The summed E-state index contributed by atoms with van der Waals surface area (Å²) in [5.74, 6) is 0.607. The Labute approximate surface area is 113 Å². The summed E-state index contributed by atoms with van der Waals surface area (Å²) in [5.41, 5.74) is 0. The van der Waals surface area contributed by atoms with Crippen LogP contribution in [-0.4, -0.2) is 41.9 Å². The van der Waals surface area contributed by atoms with Gasteiger partial charge < -0.3 is 9.47 Å². The fraction of sp³-hybridized carbons (Fsp3) is 0.692. The second-order valence-electron chi connectivity index (χ2n) is 4.91. The van der Waals surface area contributed by atoms with E-state index in [0.29, 0.717) is 5.82 Å². The maximum atomic E-state index is 11.7. The summed E-state index contributed by atoms with van der Waals surface area (Å²) in [6, 6.07) is 0. The summed E-state index contributed by atoms with van der Waals surface area (Å²) >= 11 is 0. The molecule has 1 saturated carbocycles. The van der Waals surface area contributed by atoms with Gasteiger partial charge in [0.15, 0.2) is 6.23 Å². The summed E-state index contributed by atoms with van der Waals surface area (Å²) < 4.78 is 10.6. The van der Waals surface area contributed by atoms with Gasteiger partial charge in [-0.15, -0.1) is 0 Å². The fourth-order valence-electron chi connectivity index (χ4n) is 2.30. The van der Waals surface area contributed by atoms with Crippen molar-refractivity contribution in [3.63, 3.8) is 0 Å². The molecule has 0 aromatic heterocycles. The number of hydrogen-bond acceptors (Lipinski definition) is 6. The maximum Gasteiger partial charge on any atom is 0.510 e. The first-order chi connectivity index (χ1) is 9.08. The first-order valence-electron chi connectivity index (χ1n) is 6.70. The molecule has 1 heterocycles. The Morgan fingerprint density at radius 1 is 1.47 bits per heavy atom. The van der Waals surface area contributed by atoms with E-state index < -0.39 is 12.4 Å². The van der Waals surface area contributed by atoms with Crippen LogP contribution >= 0.6 is 0 Å². The van der Waals surface area contributed by atoms with Crippen molar-refractivity contribution in [3.8, 4) is 0 Å². The number of aliphatic imine (C=N–C) groups is 1. The predicted molar refractivity (Wildman–Crippen MR) is 71.1 cm³/mol. The predicted octanol–water partition coefficient (Wildman–Crippen LogP) is 2.48. The van der Waals surface area contributed by atoms with Crippen molar-refractivity contribution in [2.45, 2.75) is 51.4 Å². The molecule has 0 spiro atoms. The molecule has 19 heavy (non-hydrogen) atoms. The monoisotopic (exact) mass is 267 g/mol. The van der Waals surface area contributed by atoms with Gasteiger partial charge in [-0.1, -0.05) is 13.0 Å². The number of carbonyl (C=O) groups excluding carboxylic acids is 1. The summed E-state index contributed by atoms with van der Waals surface area (Å²) in [7, 11) is 1.81. The van der Waals surface area contributed by atoms with Crippen LogP contribution in [0, 0.1) is 0 Å². The molecule has 2 aliphatic rings. The Morgan fingerprint density at radius 2 is 2.16 bits per heavy atom. The van der Waals surface area contributed by atoms with Crippen LogP contribution in [0.15, 0.2) is 17.4 Å². The van der Waals surface area contributed by atoms with Gasteiger partial charge in [-0.3, -0.25) is 5.01 Å². The molecule has 0 amide bonds. The average Bonchev–Trinajstić information content (AvgIpc) is 2.71. The number of hydrazine groups is 1. The first kappa shape index (κ1) is 13.7. The van der Waals surface area contributed by atoms with Crippen LogP contribution in [0.1, 0.15) is 39.0 Å². The highest BCUT2D eigenvalue weighted by Gasteiger charge is 2.26. The summed E-state index contributed by atoms with van der Waals surface area (Å²) in [6.45, 7) is 5.52. The SMILES string of the molecule is C=C1N=CN(C(C)OC(=O)OC2CCCCC2)N1C. The van der Waals surface area contributed by atoms with Crippen molar-refractivity contribution in [2.75, 3.05) is 7.05 Å². The molecule has 0 saturated heterocycles. The Bertz CT molecular complexity index is 377. The highest BCUT2D eigenvalue weighted by atomic mass is 16.7. The zero-order chi connectivity index (χ0) is 13.8. The van der Waals surface area contributed by atoms with Crippen LogP contribution in [0.5, 0.6) is 0 Å². The molecular formula is C13H21N3O3. The molecule has 1 atom stereocenters. The average molecular weight is 267 g/mol. The number of hydrogen-bond donors (Lipinski definition) is 0. The highest BCUT2D eigenvalue weighted by molar-refractivity contribution is 5.62. The van der Waals surface area contributed by atoms with E-state index in [-0.39, 0.29) is 6.10 Å². The van der Waals surface area contributed by atoms with E-state index >= 15 is 0 Å². The molecule has 106 valence electrons. The van der Waals surface area contributed by atoms with E-state index in [1.165, 1.54) is 6.42 Å². The molecule has 1 aliphatic carbocycles. The summed E-state index contributed by atoms with van der Waals surface area (Å²) in [6.07, 6.45) is 5.85. The first-order valence-corrected chi connectivity index (χ1v) is 6.70. The quantitative estimate of drug-likeness (QED) is 0.735. The Balaban J connectivity index is 1.78. The van der Waals surface area contributed by atoms with E-state index in [1.54, 1.807) is 23.3 Å². The Hall–Kier alpha value is -1.72. The second kappa shape index (κ2) is 5.95. The third-order valence-electron chi connectivity index (χ3n) is 3.50. The lowest BCUT2D eigenvalue weighted by Gasteiger charge is -2.30. The van der Waals surface area contributed by atoms with Gasteiger partial charge in [0.2, 0.25) is 0 Å². The number of ether oxygens (including phenoxy) is 2. The van der Waals surface area contributed by atoms with Gasteiger partial charge >= 0.3 is 6.16 Å². The molecule has 2 rings (SSSR count). The fourth-order valence-corrected chi connectivity index (χ4v) is 2.30. The third kappa shape index (κ3) is 3.39. The van der Waals surface area contributed by atoms with Crippen LogP contribution in [-0.2, 0) is 9.47 Å². The molecular weight excluding hydrogens is 246 g/mol. The second-order valence-corrected chi connectivity index (χ2v) is 4.91. The van der Waals surface area contributed by atoms with Crippen molar-refractivity contribution < 1.29 is 14.3 Å². The minimum atomic E-state index is -0.612. The highest BCUT2D eigenvalue weighted by Crippen LogP contribution is 2.21. The van der Waals surface area contributed by atoms with E-state index in [4.69, 9.17) is 9.47 Å². The smallest absolute Gasteiger partial charge is 0.431 e. The van der Waals surface area contributed by atoms with Gasteiger partial charge in [-0.2, -0.15) is 0 Å². The zero-order valence-corrected chi connectivity index (χ0v) is 11.5. The molecule has 1 fully saturated rings. The zero-order valence-electron chi connectivity index (χ0n) is 11.5. The van der Waals surface area contributed by atoms with Gasteiger partial charge in [0.1, 0.15) is 18.3 Å². The number of rotatable bonds is 3. The standard InChI is InChI=1S/C13H21N3O3/c1-10-14-9-16(15(10)3)11(2)18-13(17)19-12-7-5-4-6-8-12/h9,11-12H,1,4-8H2,2-3H3. The molecule has 6 heteroatoms. The lowest BCUT2D eigenvalue weighted by Crippen LogP contribution is -2.42. The van der Waals surface area contributed by atoms with Gasteiger partial charge in [0, 0.05) is 7.05 Å². The van der Waals surface area contributed by atoms with Gasteiger partial charge in [-0.25, -0.2) is 14.8 Å². The van der Waals surface area contributed by atoms with Crippen LogP contribution in [0.2, 0.25) is 0 Å². The van der Waals surface area contributed by atoms with Gasteiger partial charge in [0.25, 0.3) is 0 Å². The topological polar surface area (TPSA) is 54.4 Å². The van der Waals surface area contributed by atoms with Crippen molar-refractivity contribution in [2.24, 2.45) is 4.99 Å². The number of nitrogens with zero attached hydrogens (tertiary/aromatic N) is 3. The lowest BCUT2D eigenvalue weighted by atomic mass is 9.98. The van der Waals surface area contributed by atoms with E-state index in [1.807, 2.05) is 7.05 Å². The molecule has 1 unspecified atom stereocenters. The molecule has 0 bridgehead atoms. The minimum absolute atomic E-state index is 0.00777. The maximum absolute atomic E-state index is 11.7. The minimum Gasteiger partial charge on any atom is -0.431 e. The van der Waals surface area contributed by atoms with Crippen LogP contribution in [0.25, 0.3) is 0 Å². The lowest BCUT2D eigenvalue weighted by molar-refractivity contribution is -0.0759. The normalized spacial score (nSPS) is 21.7. The number of carbonyl (C=O) groups is 1. The van der Waals surface area contributed by atoms with E-state index in [2.05, 4.69) is 11.6 Å². The van der Waals surface area contributed by atoms with Gasteiger partial charge in [0.05, 0.1) is 0 Å². The molecule has 0 N–H and O–H groups in total. The van der Waals surface area contributed by atoms with Crippen LogP contribution < -0.4 is 0 Å². The third-order valence-corrected chi connectivity index (χ3v) is 3.50. The molecule has 1 aliphatic heterocycles. The van der Waals surface area contributed by atoms with Crippen molar-refractivity contribution in [1.29, 1.82) is 0 Å². The van der Waals surface area contributed by atoms with Crippen molar-refractivity contribution >= 4 is 12.5 Å². The summed E-state index contributed by atoms with van der Waals surface area (Å²) in [5, 5.41) is 3.41. The Kier molecular flexibility index (Phi) is 4.29. The van der Waals surface area contributed by atoms with E-state index in [0.717, 1.165) is 25.7 Å². The molecule has 0 radical (unpaired) electrons. The van der Waals surface area contributed by atoms with Crippen molar-refractivity contribution in [3.05, 3.63) is 12.4 Å². The molecule has 0 aromatic carbocycles. The molecule has 6 nitrogen and oxygen atoms in total. The molecule has 0 aromatic rings. The van der Waals surface area contributed by atoms with Crippen LogP contribution in [0.3, 0.4) is 0 Å². The van der Waals surface area contributed by atoms with Crippen molar-refractivity contribution in [1.82, 2.24) is 10.0 Å².